The summed E-state index contributed by atoms with van der Waals surface area (Å²) in [5.41, 5.74) is 2.04. The van der Waals surface area contributed by atoms with Crippen LogP contribution < -0.4 is 4.72 Å². The van der Waals surface area contributed by atoms with Crippen LogP contribution in [0, 0.1) is 12.8 Å². The van der Waals surface area contributed by atoms with Crippen LogP contribution in [0.25, 0.3) is 0 Å². The fourth-order valence-electron chi connectivity index (χ4n) is 2.79. The standard InChI is InChI=1S/C22H27ClN2O5S/c1-15(2)21(24-31(28,29)19-11-7-10-18(23)12-19)22(27)30-14-20(26)25(4)13-17-9-6-5-8-16(17)3/h5-12,15,21,24H,13-14H2,1-4H3/t21-/m0/s1. The minimum absolute atomic E-state index is 0.0625. The SMILES string of the molecule is Cc1ccccc1CN(C)C(=O)COC(=O)[C@@H](NS(=O)(=O)c1cccc(Cl)c1)C(C)C. The van der Waals surface area contributed by atoms with Crippen LogP contribution in [0.3, 0.4) is 0 Å². The molecule has 0 bridgehead atoms. The molecule has 0 fully saturated rings. The maximum Gasteiger partial charge on any atom is 0.324 e. The number of aryl methyl sites for hydroxylation is 1. The number of ether oxygens (including phenoxy) is 1. The third-order valence-electron chi connectivity index (χ3n) is 4.74. The fraction of sp³-hybridized carbons (Fsp3) is 0.364. The van der Waals surface area contributed by atoms with Gasteiger partial charge in [-0.1, -0.05) is 55.8 Å². The van der Waals surface area contributed by atoms with E-state index < -0.39 is 40.5 Å². The molecule has 0 aliphatic heterocycles. The topological polar surface area (TPSA) is 92.8 Å². The summed E-state index contributed by atoms with van der Waals surface area (Å²) in [6.07, 6.45) is 0. The molecule has 1 N–H and O–H groups in total. The Kier molecular flexibility index (Phi) is 8.61. The van der Waals surface area contributed by atoms with Crippen molar-refractivity contribution in [3.8, 4) is 0 Å². The Morgan fingerprint density at radius 2 is 1.81 bits per heavy atom. The van der Waals surface area contributed by atoms with Gasteiger partial charge in [-0.2, -0.15) is 4.72 Å². The lowest BCUT2D eigenvalue weighted by molar-refractivity contribution is -0.154. The number of carbonyl (C=O) groups is 2. The number of nitrogens with one attached hydrogen (secondary N) is 1. The molecule has 0 radical (unpaired) electrons. The summed E-state index contributed by atoms with van der Waals surface area (Å²) in [5.74, 6) is -1.61. The molecule has 168 valence electrons. The van der Waals surface area contributed by atoms with Gasteiger partial charge < -0.3 is 9.64 Å². The third-order valence-corrected chi connectivity index (χ3v) is 6.42. The van der Waals surface area contributed by atoms with Gasteiger partial charge in [0.05, 0.1) is 4.90 Å². The monoisotopic (exact) mass is 466 g/mol. The van der Waals surface area contributed by atoms with Gasteiger partial charge in [-0.05, 0) is 42.2 Å². The Balaban J connectivity index is 2.00. The second-order valence-corrected chi connectivity index (χ2v) is 9.73. The second kappa shape index (κ2) is 10.7. The van der Waals surface area contributed by atoms with Crippen molar-refractivity contribution in [1.29, 1.82) is 0 Å². The van der Waals surface area contributed by atoms with Crippen molar-refractivity contribution in [3.05, 3.63) is 64.7 Å². The molecule has 0 saturated heterocycles. The van der Waals surface area contributed by atoms with Gasteiger partial charge >= 0.3 is 5.97 Å². The van der Waals surface area contributed by atoms with E-state index in [2.05, 4.69) is 4.72 Å². The highest BCUT2D eigenvalue weighted by atomic mass is 35.5. The molecule has 0 heterocycles. The van der Waals surface area contributed by atoms with Crippen molar-refractivity contribution in [2.45, 2.75) is 38.3 Å². The van der Waals surface area contributed by atoms with Gasteiger partial charge in [0.15, 0.2) is 6.61 Å². The van der Waals surface area contributed by atoms with E-state index in [1.807, 2.05) is 31.2 Å². The van der Waals surface area contributed by atoms with Crippen molar-refractivity contribution < 1.29 is 22.7 Å². The Bertz CT molecular complexity index is 1040. The zero-order valence-electron chi connectivity index (χ0n) is 18.0. The van der Waals surface area contributed by atoms with Gasteiger partial charge in [-0.25, -0.2) is 8.42 Å². The molecule has 31 heavy (non-hydrogen) atoms. The molecule has 0 aliphatic carbocycles. The van der Waals surface area contributed by atoms with Crippen molar-refractivity contribution in [3.63, 3.8) is 0 Å². The number of nitrogens with zero attached hydrogens (tertiary/aromatic N) is 1. The summed E-state index contributed by atoms with van der Waals surface area (Å²) >= 11 is 5.87. The molecular formula is C22H27ClN2O5S. The number of sulfonamides is 1. The van der Waals surface area contributed by atoms with E-state index in [4.69, 9.17) is 16.3 Å². The van der Waals surface area contributed by atoms with Crippen LogP contribution in [0.4, 0.5) is 0 Å². The lowest BCUT2D eigenvalue weighted by atomic mass is 10.1. The molecule has 2 aromatic carbocycles. The first-order chi connectivity index (χ1) is 14.5. The molecule has 0 aromatic heterocycles. The first-order valence-corrected chi connectivity index (χ1v) is 11.6. The molecule has 0 aliphatic rings. The van der Waals surface area contributed by atoms with Gasteiger partial charge in [-0.3, -0.25) is 9.59 Å². The molecule has 7 nitrogen and oxygen atoms in total. The van der Waals surface area contributed by atoms with Gasteiger partial charge in [0.1, 0.15) is 6.04 Å². The largest absolute Gasteiger partial charge is 0.454 e. The summed E-state index contributed by atoms with van der Waals surface area (Å²) < 4.78 is 32.8. The van der Waals surface area contributed by atoms with Crippen molar-refractivity contribution in [2.24, 2.45) is 5.92 Å². The maximum absolute atomic E-state index is 12.6. The van der Waals surface area contributed by atoms with Gasteiger partial charge in [0.25, 0.3) is 5.91 Å². The number of likely N-dealkylation sites (N-methyl/N-ethyl adjacent to an activating group) is 1. The molecule has 2 rings (SSSR count). The maximum atomic E-state index is 12.6. The van der Waals surface area contributed by atoms with E-state index in [0.717, 1.165) is 11.1 Å². The number of carbonyl (C=O) groups excluding carboxylic acids is 2. The smallest absolute Gasteiger partial charge is 0.324 e. The highest BCUT2D eigenvalue weighted by Crippen LogP contribution is 2.17. The van der Waals surface area contributed by atoms with Gasteiger partial charge in [0.2, 0.25) is 10.0 Å². The van der Waals surface area contributed by atoms with Crippen LogP contribution in [0.5, 0.6) is 0 Å². The molecule has 1 atom stereocenters. The van der Waals surface area contributed by atoms with Gasteiger partial charge in [0, 0.05) is 18.6 Å². The van der Waals surface area contributed by atoms with Crippen LogP contribution in [-0.2, 0) is 30.9 Å². The Morgan fingerprint density at radius 1 is 1.13 bits per heavy atom. The molecule has 9 heteroatoms. The van der Waals surface area contributed by atoms with E-state index in [9.17, 15) is 18.0 Å². The van der Waals surface area contributed by atoms with Crippen LogP contribution >= 0.6 is 11.6 Å². The number of hydrogen-bond acceptors (Lipinski definition) is 5. The predicted octanol–water partition coefficient (Wildman–Crippen LogP) is 3.15. The van der Waals surface area contributed by atoms with Crippen LogP contribution in [0.2, 0.25) is 5.02 Å². The van der Waals surface area contributed by atoms with Crippen LogP contribution in [-0.4, -0.2) is 44.9 Å². The average Bonchev–Trinajstić information content (AvgIpc) is 2.71. The third kappa shape index (κ3) is 7.05. The summed E-state index contributed by atoms with van der Waals surface area (Å²) in [7, 11) is -2.39. The van der Waals surface area contributed by atoms with E-state index in [-0.39, 0.29) is 9.92 Å². The zero-order chi connectivity index (χ0) is 23.2. The Labute approximate surface area is 188 Å². The van der Waals surface area contributed by atoms with Crippen molar-refractivity contribution in [1.82, 2.24) is 9.62 Å². The summed E-state index contributed by atoms with van der Waals surface area (Å²) in [4.78, 5) is 26.3. The van der Waals surface area contributed by atoms with Gasteiger partial charge in [-0.15, -0.1) is 0 Å². The minimum Gasteiger partial charge on any atom is -0.454 e. The molecule has 2 aromatic rings. The van der Waals surface area contributed by atoms with Crippen LogP contribution in [0.1, 0.15) is 25.0 Å². The van der Waals surface area contributed by atoms with Crippen molar-refractivity contribution >= 4 is 33.5 Å². The molecular weight excluding hydrogens is 440 g/mol. The quantitative estimate of drug-likeness (QED) is 0.573. The predicted molar refractivity (Wildman–Crippen MR) is 119 cm³/mol. The Hall–Kier alpha value is -2.42. The first-order valence-electron chi connectivity index (χ1n) is 9.74. The lowest BCUT2D eigenvalue weighted by Gasteiger charge is -2.22. The highest BCUT2D eigenvalue weighted by molar-refractivity contribution is 7.89. The lowest BCUT2D eigenvalue weighted by Crippen LogP contribution is -2.46. The zero-order valence-corrected chi connectivity index (χ0v) is 19.5. The molecule has 0 unspecified atom stereocenters. The first kappa shape index (κ1) is 24.8. The number of rotatable bonds is 9. The number of hydrogen-bond donors (Lipinski definition) is 1. The fourth-order valence-corrected chi connectivity index (χ4v) is 4.42. The van der Waals surface area contributed by atoms with E-state index >= 15 is 0 Å². The molecule has 0 saturated carbocycles. The second-order valence-electron chi connectivity index (χ2n) is 7.58. The van der Waals surface area contributed by atoms with E-state index in [1.165, 1.54) is 23.1 Å². The normalized spacial score (nSPS) is 12.5. The molecule has 1 amide bonds. The minimum atomic E-state index is -4.00. The summed E-state index contributed by atoms with van der Waals surface area (Å²) in [6, 6.07) is 12.2. The van der Waals surface area contributed by atoms with E-state index in [1.54, 1.807) is 27.0 Å². The highest BCUT2D eigenvalue weighted by Gasteiger charge is 2.30. The Morgan fingerprint density at radius 3 is 2.42 bits per heavy atom. The average molecular weight is 467 g/mol. The van der Waals surface area contributed by atoms with E-state index in [0.29, 0.717) is 6.54 Å². The summed E-state index contributed by atoms with van der Waals surface area (Å²) in [6.45, 7) is 5.20. The number of amides is 1. The summed E-state index contributed by atoms with van der Waals surface area (Å²) in [5, 5.41) is 0.258. The van der Waals surface area contributed by atoms with Crippen molar-refractivity contribution in [2.75, 3.05) is 13.7 Å². The molecule has 0 spiro atoms. The van der Waals surface area contributed by atoms with Crippen LogP contribution in [0.15, 0.2) is 53.4 Å². The number of esters is 1. The number of benzene rings is 2. The number of halogens is 1.